The van der Waals surface area contributed by atoms with Crippen LogP contribution in [0.25, 0.3) is 5.69 Å². The van der Waals surface area contributed by atoms with E-state index in [-0.39, 0.29) is 11.9 Å². The molecule has 2 heterocycles. The third-order valence-electron chi connectivity index (χ3n) is 5.28. The average molecular weight is 375 g/mol. The van der Waals surface area contributed by atoms with Crippen LogP contribution in [0.3, 0.4) is 0 Å². The molecular formula is C23H25N3O2. The van der Waals surface area contributed by atoms with Gasteiger partial charge in [-0.15, -0.1) is 0 Å². The van der Waals surface area contributed by atoms with Gasteiger partial charge in [0, 0.05) is 24.0 Å². The average Bonchev–Trinajstić information content (AvgIpc) is 3.38. The topological polar surface area (TPSA) is 47.4 Å². The highest BCUT2D eigenvalue weighted by Crippen LogP contribution is 2.34. The van der Waals surface area contributed by atoms with Crippen LogP contribution in [-0.4, -0.2) is 33.7 Å². The fourth-order valence-electron chi connectivity index (χ4n) is 3.86. The predicted molar refractivity (Wildman–Crippen MR) is 109 cm³/mol. The van der Waals surface area contributed by atoms with Crippen LogP contribution in [0.15, 0.2) is 60.8 Å². The van der Waals surface area contributed by atoms with Gasteiger partial charge in [0.05, 0.1) is 18.3 Å². The summed E-state index contributed by atoms with van der Waals surface area (Å²) in [5, 5.41) is 4.32. The lowest BCUT2D eigenvalue weighted by molar-refractivity contribution is 0.0735. The molecule has 5 heteroatoms. The summed E-state index contributed by atoms with van der Waals surface area (Å²) in [6.07, 6.45) is 3.79. The van der Waals surface area contributed by atoms with Gasteiger partial charge in [-0.25, -0.2) is 4.68 Å². The number of amides is 1. The summed E-state index contributed by atoms with van der Waals surface area (Å²) in [4.78, 5) is 15.1. The van der Waals surface area contributed by atoms with E-state index in [1.54, 1.807) is 6.20 Å². The Morgan fingerprint density at radius 3 is 2.50 bits per heavy atom. The van der Waals surface area contributed by atoms with Crippen molar-refractivity contribution in [1.82, 2.24) is 14.7 Å². The van der Waals surface area contributed by atoms with Gasteiger partial charge in [-0.2, -0.15) is 5.10 Å². The number of ether oxygens (including phenoxy) is 1. The number of hydrogen-bond donors (Lipinski definition) is 0. The number of rotatable bonds is 5. The molecule has 0 saturated carbocycles. The molecule has 144 valence electrons. The Bertz CT molecular complexity index is 945. The van der Waals surface area contributed by atoms with Crippen LogP contribution in [0.2, 0.25) is 0 Å². The molecule has 2 aromatic carbocycles. The van der Waals surface area contributed by atoms with Gasteiger partial charge in [0.25, 0.3) is 5.91 Å². The van der Waals surface area contributed by atoms with E-state index < -0.39 is 0 Å². The maximum Gasteiger partial charge on any atom is 0.254 e. The molecule has 5 nitrogen and oxygen atoms in total. The molecule has 0 bridgehead atoms. The molecule has 1 aliphatic heterocycles. The normalized spacial score (nSPS) is 16.4. The quantitative estimate of drug-likeness (QED) is 0.657. The van der Waals surface area contributed by atoms with Gasteiger partial charge >= 0.3 is 0 Å². The highest BCUT2D eigenvalue weighted by atomic mass is 16.5. The monoisotopic (exact) mass is 375 g/mol. The van der Waals surface area contributed by atoms with Crippen LogP contribution in [0.4, 0.5) is 0 Å². The van der Waals surface area contributed by atoms with Crippen molar-refractivity contribution in [2.45, 2.75) is 32.7 Å². The Hall–Kier alpha value is -3.08. The number of hydrogen-bond acceptors (Lipinski definition) is 3. The highest BCUT2D eigenvalue weighted by molar-refractivity contribution is 5.94. The zero-order valence-corrected chi connectivity index (χ0v) is 16.3. The fourth-order valence-corrected chi connectivity index (χ4v) is 3.86. The Kier molecular flexibility index (Phi) is 5.15. The first-order valence-corrected chi connectivity index (χ1v) is 9.82. The summed E-state index contributed by atoms with van der Waals surface area (Å²) in [5.74, 6) is 0.951. The van der Waals surface area contributed by atoms with E-state index in [1.165, 1.54) is 0 Å². The van der Waals surface area contributed by atoms with Crippen molar-refractivity contribution >= 4 is 5.91 Å². The van der Waals surface area contributed by atoms with E-state index in [1.807, 2.05) is 65.9 Å². The van der Waals surface area contributed by atoms with Crippen LogP contribution < -0.4 is 4.74 Å². The minimum Gasteiger partial charge on any atom is -0.494 e. The number of carbonyl (C=O) groups excluding carboxylic acids is 1. The van der Waals surface area contributed by atoms with Crippen molar-refractivity contribution in [2.75, 3.05) is 13.2 Å². The lowest BCUT2D eigenvalue weighted by Crippen LogP contribution is -2.30. The summed E-state index contributed by atoms with van der Waals surface area (Å²) < 4.78 is 7.40. The minimum absolute atomic E-state index is 0.0834. The predicted octanol–water partition coefficient (Wildman–Crippen LogP) is 4.56. The largest absolute Gasteiger partial charge is 0.494 e. The van der Waals surface area contributed by atoms with Gasteiger partial charge in [0.15, 0.2) is 0 Å². The van der Waals surface area contributed by atoms with E-state index in [0.29, 0.717) is 12.2 Å². The highest BCUT2D eigenvalue weighted by Gasteiger charge is 2.30. The van der Waals surface area contributed by atoms with Crippen molar-refractivity contribution in [3.63, 3.8) is 0 Å². The van der Waals surface area contributed by atoms with E-state index >= 15 is 0 Å². The van der Waals surface area contributed by atoms with Gasteiger partial charge in [0.1, 0.15) is 5.75 Å². The first kappa shape index (κ1) is 18.3. The van der Waals surface area contributed by atoms with Crippen LogP contribution in [-0.2, 0) is 0 Å². The lowest BCUT2D eigenvalue weighted by atomic mass is 10.0. The van der Waals surface area contributed by atoms with Crippen molar-refractivity contribution in [3.8, 4) is 11.4 Å². The van der Waals surface area contributed by atoms with E-state index in [4.69, 9.17) is 4.74 Å². The molecule has 4 rings (SSSR count). The molecule has 1 amide bonds. The summed E-state index contributed by atoms with van der Waals surface area (Å²) in [7, 11) is 0. The Balaban J connectivity index is 1.52. The third kappa shape index (κ3) is 3.52. The van der Waals surface area contributed by atoms with Crippen LogP contribution in [0.1, 0.15) is 47.4 Å². The van der Waals surface area contributed by atoms with Gasteiger partial charge < -0.3 is 9.64 Å². The molecule has 1 aromatic heterocycles. The number of aromatic nitrogens is 2. The molecule has 1 atom stereocenters. The van der Waals surface area contributed by atoms with Crippen molar-refractivity contribution in [1.29, 1.82) is 0 Å². The number of carbonyl (C=O) groups is 1. The second-order valence-corrected chi connectivity index (χ2v) is 7.09. The third-order valence-corrected chi connectivity index (χ3v) is 5.28. The molecule has 1 saturated heterocycles. The lowest BCUT2D eigenvalue weighted by Gasteiger charge is -2.25. The summed E-state index contributed by atoms with van der Waals surface area (Å²) >= 11 is 0. The molecular weight excluding hydrogens is 350 g/mol. The molecule has 28 heavy (non-hydrogen) atoms. The summed E-state index contributed by atoms with van der Waals surface area (Å²) in [6, 6.07) is 17.9. The number of benzene rings is 2. The number of likely N-dealkylation sites (tertiary alicyclic amines) is 1. The number of nitrogens with zero attached hydrogens (tertiary/aromatic N) is 3. The fraction of sp³-hybridized carbons (Fsp3) is 0.304. The smallest absolute Gasteiger partial charge is 0.254 e. The molecule has 0 spiro atoms. The first-order valence-electron chi connectivity index (χ1n) is 9.82. The van der Waals surface area contributed by atoms with Crippen LogP contribution >= 0.6 is 0 Å². The zero-order chi connectivity index (χ0) is 19.5. The maximum absolute atomic E-state index is 13.1. The second-order valence-electron chi connectivity index (χ2n) is 7.09. The van der Waals surface area contributed by atoms with Crippen molar-refractivity contribution in [2.24, 2.45) is 0 Å². The van der Waals surface area contributed by atoms with Crippen LogP contribution in [0, 0.1) is 6.92 Å². The van der Waals surface area contributed by atoms with Gasteiger partial charge in [0.2, 0.25) is 0 Å². The van der Waals surface area contributed by atoms with E-state index in [9.17, 15) is 4.79 Å². The Morgan fingerprint density at radius 2 is 1.86 bits per heavy atom. The minimum atomic E-state index is 0.0834. The van der Waals surface area contributed by atoms with Crippen molar-refractivity contribution < 1.29 is 9.53 Å². The maximum atomic E-state index is 13.1. The van der Waals surface area contributed by atoms with E-state index in [0.717, 1.165) is 42.1 Å². The summed E-state index contributed by atoms with van der Waals surface area (Å²) in [6.45, 7) is 5.43. The standard InChI is InChI=1S/C23H25N3O2/c1-3-28-21-12-8-18(9-13-21)22-5-4-16-25(22)23(27)19-6-10-20(11-7-19)26-17(2)14-15-24-26/h6-15,22H,3-5,16H2,1-2H3/t22-/m0/s1. The first-order chi connectivity index (χ1) is 13.7. The Labute approximate surface area is 165 Å². The zero-order valence-electron chi connectivity index (χ0n) is 16.3. The Morgan fingerprint density at radius 1 is 1.11 bits per heavy atom. The SMILES string of the molecule is CCOc1ccc([C@@H]2CCCN2C(=O)c2ccc(-n3nccc3C)cc2)cc1. The van der Waals surface area contributed by atoms with E-state index in [2.05, 4.69) is 17.2 Å². The number of aryl methyl sites for hydroxylation is 1. The molecule has 0 unspecified atom stereocenters. The second kappa shape index (κ2) is 7.89. The molecule has 0 N–H and O–H groups in total. The van der Waals surface area contributed by atoms with Gasteiger partial charge in [-0.05, 0) is 74.7 Å². The summed E-state index contributed by atoms with van der Waals surface area (Å²) in [5.41, 5.74) is 3.90. The van der Waals surface area contributed by atoms with Gasteiger partial charge in [-0.1, -0.05) is 12.1 Å². The molecule has 0 radical (unpaired) electrons. The van der Waals surface area contributed by atoms with Crippen molar-refractivity contribution in [3.05, 3.63) is 77.6 Å². The molecule has 1 fully saturated rings. The molecule has 3 aromatic rings. The van der Waals surface area contributed by atoms with Gasteiger partial charge in [-0.3, -0.25) is 4.79 Å². The molecule has 1 aliphatic rings. The van der Waals surface area contributed by atoms with Crippen LogP contribution in [0.5, 0.6) is 5.75 Å². The molecule has 0 aliphatic carbocycles.